The number of halogens is 1. The summed E-state index contributed by atoms with van der Waals surface area (Å²) in [5.41, 5.74) is 3.66. The molecule has 2 aromatic carbocycles. The lowest BCUT2D eigenvalue weighted by Gasteiger charge is -2.35. The van der Waals surface area contributed by atoms with E-state index in [1.165, 1.54) is 5.56 Å². The van der Waals surface area contributed by atoms with E-state index in [-0.39, 0.29) is 5.91 Å². The first-order chi connectivity index (χ1) is 12.4. The molecule has 0 unspecified atom stereocenters. The molecule has 1 saturated heterocycles. The molecule has 0 aromatic heterocycles. The van der Waals surface area contributed by atoms with E-state index >= 15 is 0 Å². The predicted molar refractivity (Wildman–Crippen MR) is 110 cm³/mol. The largest absolute Gasteiger partial charge is 0.367 e. The van der Waals surface area contributed by atoms with Gasteiger partial charge in [0, 0.05) is 36.8 Å². The summed E-state index contributed by atoms with van der Waals surface area (Å²) in [7, 11) is 2.13. The first-order valence-electron chi connectivity index (χ1n) is 9.08. The summed E-state index contributed by atoms with van der Waals surface area (Å²) < 4.78 is 0. The van der Waals surface area contributed by atoms with Crippen LogP contribution < -0.4 is 10.2 Å². The lowest BCUT2D eigenvalue weighted by Crippen LogP contribution is -2.44. The van der Waals surface area contributed by atoms with Crippen molar-refractivity contribution in [1.29, 1.82) is 0 Å². The van der Waals surface area contributed by atoms with E-state index in [9.17, 15) is 4.79 Å². The number of carbonyl (C=O) groups excluding carboxylic acids is 1. The molecule has 138 valence electrons. The molecule has 1 aliphatic rings. The average Bonchev–Trinajstić information content (AvgIpc) is 2.63. The molecule has 1 heterocycles. The molecule has 5 heteroatoms. The number of nitrogens with zero attached hydrogens (tertiary/aromatic N) is 2. The minimum atomic E-state index is -0.113. The topological polar surface area (TPSA) is 35.6 Å². The number of likely N-dealkylation sites (N-methyl/N-ethyl adjacent to an activating group) is 1. The molecular formula is C21H26ClN3O. The number of nitrogens with one attached hydrogen (secondary N) is 1. The van der Waals surface area contributed by atoms with Crippen molar-refractivity contribution in [3.63, 3.8) is 0 Å². The van der Waals surface area contributed by atoms with Crippen LogP contribution in [0.1, 0.15) is 35.7 Å². The van der Waals surface area contributed by atoms with Crippen molar-refractivity contribution in [2.75, 3.05) is 43.4 Å². The van der Waals surface area contributed by atoms with Crippen LogP contribution in [0.5, 0.6) is 0 Å². The minimum Gasteiger partial charge on any atom is -0.367 e. The Labute approximate surface area is 160 Å². The fourth-order valence-corrected chi connectivity index (χ4v) is 3.32. The number of benzene rings is 2. The Morgan fingerprint density at radius 2 is 1.69 bits per heavy atom. The van der Waals surface area contributed by atoms with Gasteiger partial charge in [-0.25, -0.2) is 0 Å². The van der Waals surface area contributed by atoms with Crippen LogP contribution >= 0.6 is 11.6 Å². The fraction of sp³-hybridized carbons (Fsp3) is 0.381. The van der Waals surface area contributed by atoms with Gasteiger partial charge in [-0.3, -0.25) is 4.79 Å². The smallest absolute Gasteiger partial charge is 0.255 e. The van der Waals surface area contributed by atoms with Gasteiger partial charge in [0.05, 0.1) is 11.4 Å². The molecule has 0 bridgehead atoms. The van der Waals surface area contributed by atoms with E-state index < -0.39 is 0 Å². The van der Waals surface area contributed by atoms with Gasteiger partial charge in [0.15, 0.2) is 0 Å². The third-order valence-corrected chi connectivity index (χ3v) is 5.13. The first kappa shape index (κ1) is 18.7. The average molecular weight is 372 g/mol. The van der Waals surface area contributed by atoms with Crippen molar-refractivity contribution in [3.8, 4) is 0 Å². The van der Waals surface area contributed by atoms with Gasteiger partial charge in [0.1, 0.15) is 0 Å². The van der Waals surface area contributed by atoms with Crippen LogP contribution in [0, 0.1) is 0 Å². The first-order valence-corrected chi connectivity index (χ1v) is 9.46. The Hall–Kier alpha value is -2.04. The van der Waals surface area contributed by atoms with Crippen LogP contribution in [0.15, 0.2) is 42.5 Å². The second-order valence-electron chi connectivity index (χ2n) is 7.18. The van der Waals surface area contributed by atoms with Crippen molar-refractivity contribution in [2.45, 2.75) is 19.8 Å². The standard InChI is InChI=1S/C21H26ClN3O/c1-15(2)16-4-6-17(7-5-16)21(26)23-19-14-18(22)8-9-20(19)25-12-10-24(3)11-13-25/h4-9,14-15H,10-13H2,1-3H3,(H,23,26). The van der Waals surface area contributed by atoms with Gasteiger partial charge in [0.2, 0.25) is 0 Å². The summed E-state index contributed by atoms with van der Waals surface area (Å²) in [6.45, 7) is 8.17. The van der Waals surface area contributed by atoms with Crippen LogP contribution in [-0.2, 0) is 0 Å². The Bertz CT molecular complexity index is 765. The predicted octanol–water partition coefficient (Wildman–Crippen LogP) is 4.47. The monoisotopic (exact) mass is 371 g/mol. The molecule has 1 N–H and O–H groups in total. The van der Waals surface area contributed by atoms with E-state index in [0.717, 1.165) is 37.6 Å². The number of hydrogen-bond acceptors (Lipinski definition) is 3. The number of rotatable bonds is 4. The third kappa shape index (κ3) is 4.37. The highest BCUT2D eigenvalue weighted by molar-refractivity contribution is 6.31. The van der Waals surface area contributed by atoms with Crippen LogP contribution in [0.3, 0.4) is 0 Å². The lowest BCUT2D eigenvalue weighted by atomic mass is 10.0. The maximum atomic E-state index is 12.7. The molecule has 0 spiro atoms. The lowest BCUT2D eigenvalue weighted by molar-refractivity contribution is 0.102. The molecule has 1 aliphatic heterocycles. The van der Waals surface area contributed by atoms with Crippen molar-refractivity contribution in [1.82, 2.24) is 4.90 Å². The molecule has 0 radical (unpaired) electrons. The summed E-state index contributed by atoms with van der Waals surface area (Å²) in [6.07, 6.45) is 0. The van der Waals surface area contributed by atoms with Gasteiger partial charge in [0.25, 0.3) is 5.91 Å². The van der Waals surface area contributed by atoms with Crippen molar-refractivity contribution < 1.29 is 4.79 Å². The summed E-state index contributed by atoms with van der Waals surface area (Å²) >= 11 is 6.19. The Balaban J connectivity index is 1.80. The number of carbonyl (C=O) groups is 1. The molecule has 0 saturated carbocycles. The summed E-state index contributed by atoms with van der Waals surface area (Å²) in [4.78, 5) is 17.3. The normalized spacial score (nSPS) is 15.3. The zero-order chi connectivity index (χ0) is 18.7. The molecule has 1 amide bonds. The van der Waals surface area contributed by atoms with E-state index in [0.29, 0.717) is 16.5 Å². The second kappa shape index (κ2) is 8.11. The number of piperazine rings is 1. The molecule has 26 heavy (non-hydrogen) atoms. The second-order valence-corrected chi connectivity index (χ2v) is 7.62. The zero-order valence-electron chi connectivity index (χ0n) is 15.6. The molecule has 2 aromatic rings. The maximum absolute atomic E-state index is 12.7. The minimum absolute atomic E-state index is 0.113. The summed E-state index contributed by atoms with van der Waals surface area (Å²) in [5, 5.41) is 3.67. The molecule has 0 atom stereocenters. The molecular weight excluding hydrogens is 346 g/mol. The van der Waals surface area contributed by atoms with Crippen LogP contribution in [0.4, 0.5) is 11.4 Å². The van der Waals surface area contributed by atoms with E-state index in [4.69, 9.17) is 11.6 Å². The van der Waals surface area contributed by atoms with Crippen LogP contribution in [0.25, 0.3) is 0 Å². The Morgan fingerprint density at radius 1 is 1.04 bits per heavy atom. The number of amides is 1. The Kier molecular flexibility index (Phi) is 5.84. The third-order valence-electron chi connectivity index (χ3n) is 4.89. The van der Waals surface area contributed by atoms with Crippen LogP contribution in [0.2, 0.25) is 5.02 Å². The SMILES string of the molecule is CC(C)c1ccc(C(=O)Nc2cc(Cl)ccc2N2CCN(C)CC2)cc1. The quantitative estimate of drug-likeness (QED) is 0.861. The summed E-state index contributed by atoms with van der Waals surface area (Å²) in [6, 6.07) is 13.5. The molecule has 4 nitrogen and oxygen atoms in total. The highest BCUT2D eigenvalue weighted by Gasteiger charge is 2.18. The highest BCUT2D eigenvalue weighted by atomic mass is 35.5. The van der Waals surface area contributed by atoms with Gasteiger partial charge in [-0.1, -0.05) is 37.6 Å². The van der Waals surface area contributed by atoms with Crippen molar-refractivity contribution in [2.24, 2.45) is 0 Å². The van der Waals surface area contributed by atoms with E-state index in [1.807, 2.05) is 42.5 Å². The highest BCUT2D eigenvalue weighted by Crippen LogP contribution is 2.30. The van der Waals surface area contributed by atoms with Gasteiger partial charge in [-0.2, -0.15) is 0 Å². The van der Waals surface area contributed by atoms with Crippen molar-refractivity contribution in [3.05, 3.63) is 58.6 Å². The Morgan fingerprint density at radius 3 is 2.31 bits per heavy atom. The molecule has 3 rings (SSSR count). The fourth-order valence-electron chi connectivity index (χ4n) is 3.15. The van der Waals surface area contributed by atoms with Gasteiger partial charge >= 0.3 is 0 Å². The van der Waals surface area contributed by atoms with Crippen molar-refractivity contribution >= 4 is 28.9 Å². The molecule has 1 fully saturated rings. The van der Waals surface area contributed by atoms with Gasteiger partial charge in [-0.15, -0.1) is 0 Å². The van der Waals surface area contributed by atoms with Gasteiger partial charge < -0.3 is 15.1 Å². The summed E-state index contributed by atoms with van der Waals surface area (Å²) in [5.74, 6) is 0.335. The molecule has 0 aliphatic carbocycles. The maximum Gasteiger partial charge on any atom is 0.255 e. The zero-order valence-corrected chi connectivity index (χ0v) is 16.4. The van der Waals surface area contributed by atoms with E-state index in [2.05, 4.69) is 36.0 Å². The number of hydrogen-bond donors (Lipinski definition) is 1. The number of anilines is 2. The van der Waals surface area contributed by atoms with Crippen LogP contribution in [-0.4, -0.2) is 44.0 Å². The van der Waals surface area contributed by atoms with E-state index in [1.54, 1.807) is 0 Å². The van der Waals surface area contributed by atoms with Gasteiger partial charge in [-0.05, 0) is 48.9 Å².